The lowest BCUT2D eigenvalue weighted by Gasteiger charge is -2.12. The van der Waals surface area contributed by atoms with E-state index in [4.69, 9.17) is 14.4 Å². The summed E-state index contributed by atoms with van der Waals surface area (Å²) in [6.45, 7) is 0. The molecule has 0 N–H and O–H groups in total. The molecule has 0 spiro atoms. The van der Waals surface area contributed by atoms with E-state index in [1.54, 1.807) is 0 Å². The number of rotatable bonds is 3. The second kappa shape index (κ2) is 10.1. The van der Waals surface area contributed by atoms with Crippen LogP contribution in [-0.4, -0.2) is 14.5 Å². The smallest absolute Gasteiger partial charge is 0.180 e. The Bertz CT molecular complexity index is 3100. The standard InChI is InChI=1S/C44H25N3OS/c1-2-12-27(13-3-1)44-45-39(42-40(46-44)32-17-7-10-20-35(32)48-42)26-22-24-28(25-23-26)47-34-19-9-6-16-31(34)37-29-14-4-5-15-30(29)43-38(41(37)47)33-18-8-11-21-36(33)49-43/h1-25H. The highest BCUT2D eigenvalue weighted by atomic mass is 32.1. The lowest BCUT2D eigenvalue weighted by molar-refractivity contribution is 0.667. The Labute approximate surface area is 284 Å². The van der Waals surface area contributed by atoms with Crippen molar-refractivity contribution in [2.45, 2.75) is 0 Å². The molecule has 11 rings (SSSR count). The number of nitrogens with zero attached hydrogens (tertiary/aromatic N) is 3. The molecule has 49 heavy (non-hydrogen) atoms. The van der Waals surface area contributed by atoms with E-state index >= 15 is 0 Å². The van der Waals surface area contributed by atoms with Crippen LogP contribution in [-0.2, 0) is 0 Å². The van der Waals surface area contributed by atoms with Gasteiger partial charge in [0, 0.05) is 58.5 Å². The number of para-hydroxylation sites is 2. The van der Waals surface area contributed by atoms with Crippen molar-refractivity contribution >= 4 is 86.2 Å². The summed E-state index contributed by atoms with van der Waals surface area (Å²) in [5.74, 6) is 0.680. The molecule has 4 nitrogen and oxygen atoms in total. The van der Waals surface area contributed by atoms with Crippen molar-refractivity contribution < 1.29 is 4.42 Å². The van der Waals surface area contributed by atoms with Gasteiger partial charge >= 0.3 is 0 Å². The molecule has 5 heteroatoms. The number of hydrogen-bond acceptors (Lipinski definition) is 4. The monoisotopic (exact) mass is 643 g/mol. The fourth-order valence-corrected chi connectivity index (χ4v) is 8.90. The summed E-state index contributed by atoms with van der Waals surface area (Å²) >= 11 is 1.88. The molecule has 7 aromatic carbocycles. The van der Waals surface area contributed by atoms with Crippen LogP contribution in [0.15, 0.2) is 156 Å². The zero-order valence-electron chi connectivity index (χ0n) is 26.1. The number of aromatic nitrogens is 3. The van der Waals surface area contributed by atoms with Gasteiger partial charge in [0.05, 0.1) is 11.0 Å². The molecular formula is C44H25N3OS. The summed E-state index contributed by atoms with van der Waals surface area (Å²) in [6.07, 6.45) is 0. The highest BCUT2D eigenvalue weighted by Crippen LogP contribution is 2.48. The molecule has 0 aliphatic rings. The van der Waals surface area contributed by atoms with Crippen molar-refractivity contribution in [3.8, 4) is 28.3 Å². The minimum atomic E-state index is 0.680. The predicted molar refractivity (Wildman–Crippen MR) is 205 cm³/mol. The average Bonchev–Trinajstić information content (AvgIpc) is 3.85. The van der Waals surface area contributed by atoms with Gasteiger partial charge in [-0.2, -0.15) is 0 Å². The zero-order chi connectivity index (χ0) is 32.1. The topological polar surface area (TPSA) is 43.9 Å². The van der Waals surface area contributed by atoms with Crippen molar-refractivity contribution in [3.05, 3.63) is 152 Å². The minimum absolute atomic E-state index is 0.680. The number of fused-ring (bicyclic) bond motifs is 13. The Balaban J connectivity index is 1.20. The first-order valence-electron chi connectivity index (χ1n) is 16.4. The number of thiophene rings is 1. The van der Waals surface area contributed by atoms with Crippen LogP contribution in [0.5, 0.6) is 0 Å². The van der Waals surface area contributed by atoms with Gasteiger partial charge in [0.15, 0.2) is 11.4 Å². The van der Waals surface area contributed by atoms with Crippen LogP contribution in [0.3, 0.4) is 0 Å². The SMILES string of the molecule is c1ccc(-c2nc(-c3ccc(-n4c5ccccc5c5c6ccccc6c6sc7ccccc7c6c54)cc3)c3oc4ccccc4c3n2)cc1. The molecule has 0 aliphatic carbocycles. The first kappa shape index (κ1) is 26.7. The highest BCUT2D eigenvalue weighted by molar-refractivity contribution is 7.27. The first-order valence-corrected chi connectivity index (χ1v) is 17.2. The molecule has 0 saturated heterocycles. The number of hydrogen-bond donors (Lipinski definition) is 0. The average molecular weight is 644 g/mol. The molecule has 4 heterocycles. The third-order valence-electron chi connectivity index (χ3n) is 9.80. The minimum Gasteiger partial charge on any atom is -0.452 e. The van der Waals surface area contributed by atoms with Crippen molar-refractivity contribution in [1.82, 2.24) is 14.5 Å². The maximum Gasteiger partial charge on any atom is 0.180 e. The van der Waals surface area contributed by atoms with E-state index in [0.717, 1.165) is 39.0 Å². The van der Waals surface area contributed by atoms with Gasteiger partial charge < -0.3 is 8.98 Å². The molecule has 0 amide bonds. The largest absolute Gasteiger partial charge is 0.452 e. The van der Waals surface area contributed by atoms with Crippen LogP contribution >= 0.6 is 11.3 Å². The summed E-state index contributed by atoms with van der Waals surface area (Å²) in [5.41, 5.74) is 8.58. The molecule has 11 aromatic rings. The molecule has 0 saturated carbocycles. The van der Waals surface area contributed by atoms with E-state index in [1.165, 1.54) is 52.8 Å². The molecule has 0 bridgehead atoms. The van der Waals surface area contributed by atoms with E-state index in [-0.39, 0.29) is 0 Å². The maximum atomic E-state index is 6.44. The molecule has 0 unspecified atom stereocenters. The van der Waals surface area contributed by atoms with Gasteiger partial charge in [-0.3, -0.25) is 0 Å². The van der Waals surface area contributed by atoms with Gasteiger partial charge in [-0.15, -0.1) is 11.3 Å². The summed E-state index contributed by atoms with van der Waals surface area (Å²) < 4.78 is 11.5. The molecule has 0 radical (unpaired) electrons. The summed E-state index contributed by atoms with van der Waals surface area (Å²) in [4.78, 5) is 10.1. The second-order valence-electron chi connectivity index (χ2n) is 12.5. The Kier molecular flexibility index (Phi) is 5.51. The van der Waals surface area contributed by atoms with E-state index in [9.17, 15) is 0 Å². The Morgan fingerprint density at radius 3 is 2.02 bits per heavy atom. The van der Waals surface area contributed by atoms with Crippen LogP contribution in [0, 0.1) is 0 Å². The molecule has 0 aliphatic heterocycles. The summed E-state index contributed by atoms with van der Waals surface area (Å²) in [5, 5.41) is 8.71. The van der Waals surface area contributed by atoms with Crippen LogP contribution in [0.2, 0.25) is 0 Å². The normalized spacial score (nSPS) is 12.1. The Morgan fingerprint density at radius 1 is 0.510 bits per heavy atom. The van der Waals surface area contributed by atoms with Crippen LogP contribution in [0.25, 0.3) is 103 Å². The first-order chi connectivity index (χ1) is 24.3. The van der Waals surface area contributed by atoms with E-state index in [0.29, 0.717) is 11.4 Å². The van der Waals surface area contributed by atoms with Gasteiger partial charge in [0.25, 0.3) is 0 Å². The van der Waals surface area contributed by atoms with Crippen molar-refractivity contribution in [2.75, 3.05) is 0 Å². The fraction of sp³-hybridized carbons (Fsp3) is 0. The van der Waals surface area contributed by atoms with Gasteiger partial charge in [-0.25, -0.2) is 9.97 Å². The number of benzene rings is 7. The van der Waals surface area contributed by atoms with E-state index in [1.807, 2.05) is 47.7 Å². The van der Waals surface area contributed by atoms with Gasteiger partial charge in [0.2, 0.25) is 0 Å². The lowest BCUT2D eigenvalue weighted by atomic mass is 10.00. The van der Waals surface area contributed by atoms with Crippen LogP contribution in [0.4, 0.5) is 0 Å². The zero-order valence-corrected chi connectivity index (χ0v) is 26.9. The van der Waals surface area contributed by atoms with E-state index in [2.05, 4.69) is 120 Å². The van der Waals surface area contributed by atoms with Gasteiger partial charge in [-0.05, 0) is 41.8 Å². The molecular weight excluding hydrogens is 619 g/mol. The summed E-state index contributed by atoms with van der Waals surface area (Å²) in [6, 6.07) is 53.5. The van der Waals surface area contributed by atoms with Crippen molar-refractivity contribution in [3.63, 3.8) is 0 Å². The van der Waals surface area contributed by atoms with Crippen LogP contribution in [0.1, 0.15) is 0 Å². The van der Waals surface area contributed by atoms with E-state index < -0.39 is 0 Å². The second-order valence-corrected chi connectivity index (χ2v) is 13.6. The molecule has 4 aromatic heterocycles. The van der Waals surface area contributed by atoms with Crippen molar-refractivity contribution in [2.24, 2.45) is 0 Å². The Morgan fingerprint density at radius 2 is 1.18 bits per heavy atom. The molecule has 0 atom stereocenters. The van der Waals surface area contributed by atoms with Gasteiger partial charge in [0.1, 0.15) is 16.8 Å². The molecule has 0 fully saturated rings. The third-order valence-corrected chi connectivity index (χ3v) is 11.0. The Hall–Kier alpha value is -6.30. The highest BCUT2D eigenvalue weighted by Gasteiger charge is 2.22. The quantitative estimate of drug-likeness (QED) is 0.192. The predicted octanol–water partition coefficient (Wildman–Crippen LogP) is 12.3. The third kappa shape index (κ3) is 3.79. The van der Waals surface area contributed by atoms with Gasteiger partial charge in [-0.1, -0.05) is 115 Å². The summed E-state index contributed by atoms with van der Waals surface area (Å²) in [7, 11) is 0. The number of furan rings is 1. The maximum absolute atomic E-state index is 6.44. The molecule has 228 valence electrons. The fourth-order valence-electron chi connectivity index (χ4n) is 7.66. The lowest BCUT2D eigenvalue weighted by Crippen LogP contribution is -1.96. The van der Waals surface area contributed by atoms with Crippen LogP contribution < -0.4 is 0 Å². The van der Waals surface area contributed by atoms with Crippen molar-refractivity contribution in [1.29, 1.82) is 0 Å².